The maximum Gasteiger partial charge on any atom is 0.223 e. The number of anilines is 3. The van der Waals surface area contributed by atoms with Gasteiger partial charge in [0.2, 0.25) is 5.95 Å². The van der Waals surface area contributed by atoms with Gasteiger partial charge in [0, 0.05) is 23.7 Å². The Balaban J connectivity index is 2.04. The SMILES string of the molecule is CCNc1cc(NCc2cncs2)nc(N)n1. The molecule has 2 aromatic rings. The lowest BCUT2D eigenvalue weighted by atomic mass is 10.4. The Morgan fingerprint density at radius 3 is 2.71 bits per heavy atom. The summed E-state index contributed by atoms with van der Waals surface area (Å²) in [6.45, 7) is 3.49. The second-order valence-corrected chi connectivity index (χ2v) is 4.32. The minimum Gasteiger partial charge on any atom is -0.370 e. The molecule has 0 spiro atoms. The van der Waals surface area contributed by atoms with Gasteiger partial charge in [-0.3, -0.25) is 4.98 Å². The van der Waals surface area contributed by atoms with Crippen LogP contribution >= 0.6 is 11.3 Å². The average Bonchev–Trinajstić information content (AvgIpc) is 2.79. The van der Waals surface area contributed by atoms with Crippen molar-refractivity contribution in [3.05, 3.63) is 22.7 Å². The van der Waals surface area contributed by atoms with Gasteiger partial charge >= 0.3 is 0 Å². The van der Waals surface area contributed by atoms with Crippen LogP contribution in [0.1, 0.15) is 11.8 Å². The fraction of sp³-hybridized carbons (Fsp3) is 0.300. The molecule has 0 unspecified atom stereocenters. The molecular weight excluding hydrogens is 236 g/mol. The fourth-order valence-corrected chi connectivity index (χ4v) is 1.87. The minimum absolute atomic E-state index is 0.259. The van der Waals surface area contributed by atoms with Crippen molar-refractivity contribution < 1.29 is 0 Å². The third-order valence-electron chi connectivity index (χ3n) is 2.03. The smallest absolute Gasteiger partial charge is 0.223 e. The zero-order valence-corrected chi connectivity index (χ0v) is 10.3. The number of nitrogens with one attached hydrogen (secondary N) is 2. The van der Waals surface area contributed by atoms with Gasteiger partial charge in [0.15, 0.2) is 0 Å². The molecule has 0 fully saturated rings. The first-order valence-corrected chi connectivity index (χ1v) is 6.15. The molecule has 0 atom stereocenters. The molecule has 7 heteroatoms. The predicted molar refractivity (Wildman–Crippen MR) is 70.0 cm³/mol. The monoisotopic (exact) mass is 250 g/mol. The van der Waals surface area contributed by atoms with Gasteiger partial charge in [-0.15, -0.1) is 11.3 Å². The number of rotatable bonds is 5. The van der Waals surface area contributed by atoms with Crippen molar-refractivity contribution in [2.75, 3.05) is 22.9 Å². The molecule has 0 amide bonds. The molecule has 2 heterocycles. The maximum absolute atomic E-state index is 5.63. The quantitative estimate of drug-likeness (QED) is 0.746. The molecule has 17 heavy (non-hydrogen) atoms. The number of nitrogens with zero attached hydrogens (tertiary/aromatic N) is 3. The Morgan fingerprint density at radius 1 is 1.29 bits per heavy atom. The topological polar surface area (TPSA) is 88.8 Å². The molecule has 0 aliphatic heterocycles. The van der Waals surface area contributed by atoms with Crippen LogP contribution in [0.15, 0.2) is 17.8 Å². The average molecular weight is 250 g/mol. The van der Waals surface area contributed by atoms with Crippen LogP contribution in [0.25, 0.3) is 0 Å². The van der Waals surface area contributed by atoms with E-state index in [0.717, 1.165) is 17.2 Å². The molecule has 4 N–H and O–H groups in total. The highest BCUT2D eigenvalue weighted by molar-refractivity contribution is 7.09. The van der Waals surface area contributed by atoms with E-state index in [0.29, 0.717) is 12.4 Å². The largest absolute Gasteiger partial charge is 0.370 e. The zero-order chi connectivity index (χ0) is 12.1. The number of thiazole rings is 1. The highest BCUT2D eigenvalue weighted by Crippen LogP contribution is 2.14. The summed E-state index contributed by atoms with van der Waals surface area (Å²) in [6, 6.07) is 1.83. The van der Waals surface area contributed by atoms with Crippen molar-refractivity contribution in [2.45, 2.75) is 13.5 Å². The third-order valence-corrected chi connectivity index (χ3v) is 2.81. The summed E-state index contributed by atoms with van der Waals surface area (Å²) in [6.07, 6.45) is 1.83. The van der Waals surface area contributed by atoms with Crippen molar-refractivity contribution in [3.8, 4) is 0 Å². The van der Waals surface area contributed by atoms with Crippen LogP contribution in [0, 0.1) is 0 Å². The highest BCUT2D eigenvalue weighted by Gasteiger charge is 2.02. The van der Waals surface area contributed by atoms with Gasteiger partial charge in [0.1, 0.15) is 11.6 Å². The number of nitrogens with two attached hydrogens (primary N) is 1. The predicted octanol–water partition coefficient (Wildman–Crippen LogP) is 1.56. The second kappa shape index (κ2) is 5.44. The first-order chi connectivity index (χ1) is 8.28. The summed E-state index contributed by atoms with van der Waals surface area (Å²) in [5.41, 5.74) is 7.43. The Morgan fingerprint density at radius 2 is 2.06 bits per heavy atom. The van der Waals surface area contributed by atoms with Gasteiger partial charge in [-0.05, 0) is 6.92 Å². The van der Waals surface area contributed by atoms with E-state index in [1.807, 2.05) is 19.2 Å². The van der Waals surface area contributed by atoms with Gasteiger partial charge in [0.25, 0.3) is 0 Å². The van der Waals surface area contributed by atoms with E-state index in [1.165, 1.54) is 0 Å². The number of nitrogen functional groups attached to an aromatic ring is 1. The molecule has 2 aromatic heterocycles. The number of hydrogen-bond donors (Lipinski definition) is 3. The van der Waals surface area contributed by atoms with Gasteiger partial charge in [-0.2, -0.15) is 9.97 Å². The first kappa shape index (κ1) is 11.6. The molecule has 0 saturated heterocycles. The molecule has 6 nitrogen and oxygen atoms in total. The fourth-order valence-electron chi connectivity index (χ4n) is 1.34. The van der Waals surface area contributed by atoms with E-state index in [-0.39, 0.29) is 5.95 Å². The minimum atomic E-state index is 0.259. The maximum atomic E-state index is 5.63. The van der Waals surface area contributed by atoms with Gasteiger partial charge in [-0.1, -0.05) is 0 Å². The van der Waals surface area contributed by atoms with Crippen LogP contribution in [0.2, 0.25) is 0 Å². The first-order valence-electron chi connectivity index (χ1n) is 5.27. The molecule has 0 radical (unpaired) electrons. The van der Waals surface area contributed by atoms with Gasteiger partial charge < -0.3 is 16.4 Å². The lowest BCUT2D eigenvalue weighted by Gasteiger charge is -2.07. The molecule has 0 bridgehead atoms. The Labute approximate surface area is 103 Å². The van der Waals surface area contributed by atoms with E-state index in [9.17, 15) is 0 Å². The normalized spacial score (nSPS) is 10.2. The number of hydrogen-bond acceptors (Lipinski definition) is 7. The molecular formula is C10H14N6S. The van der Waals surface area contributed by atoms with Gasteiger partial charge in [-0.25, -0.2) is 0 Å². The van der Waals surface area contributed by atoms with Crippen LogP contribution in [0.4, 0.5) is 17.6 Å². The Hall–Kier alpha value is -1.89. The summed E-state index contributed by atoms with van der Waals surface area (Å²) < 4.78 is 0. The van der Waals surface area contributed by atoms with Crippen molar-refractivity contribution in [1.29, 1.82) is 0 Å². The van der Waals surface area contributed by atoms with E-state index in [4.69, 9.17) is 5.73 Å². The molecule has 0 aliphatic rings. The second-order valence-electron chi connectivity index (χ2n) is 3.35. The molecule has 0 aliphatic carbocycles. The Kier molecular flexibility index (Phi) is 3.71. The molecule has 2 rings (SSSR count). The summed E-state index contributed by atoms with van der Waals surface area (Å²) in [5.74, 6) is 1.70. The van der Waals surface area contributed by atoms with Crippen LogP contribution in [-0.2, 0) is 6.54 Å². The zero-order valence-electron chi connectivity index (χ0n) is 9.47. The van der Waals surface area contributed by atoms with Crippen molar-refractivity contribution >= 4 is 28.9 Å². The lowest BCUT2D eigenvalue weighted by Crippen LogP contribution is -2.07. The molecule has 0 saturated carbocycles. The summed E-state index contributed by atoms with van der Waals surface area (Å²) in [7, 11) is 0. The van der Waals surface area contributed by atoms with Crippen molar-refractivity contribution in [1.82, 2.24) is 15.0 Å². The summed E-state index contributed by atoms with van der Waals surface area (Å²) in [4.78, 5) is 13.3. The standard InChI is InChI=1S/C10H14N6S/c1-2-13-8-3-9(16-10(11)15-8)14-5-7-4-12-6-17-7/h3-4,6H,2,5H2,1H3,(H4,11,13,14,15,16). The third kappa shape index (κ3) is 3.28. The lowest BCUT2D eigenvalue weighted by molar-refractivity contribution is 1.08. The van der Waals surface area contributed by atoms with Gasteiger partial charge in [0.05, 0.1) is 12.1 Å². The number of aromatic nitrogens is 3. The van der Waals surface area contributed by atoms with Crippen LogP contribution in [0.3, 0.4) is 0 Å². The Bertz CT molecular complexity index is 470. The van der Waals surface area contributed by atoms with Crippen molar-refractivity contribution in [3.63, 3.8) is 0 Å². The van der Waals surface area contributed by atoms with E-state index in [2.05, 4.69) is 25.6 Å². The molecule has 0 aromatic carbocycles. The van der Waals surface area contributed by atoms with Crippen molar-refractivity contribution in [2.24, 2.45) is 0 Å². The summed E-state index contributed by atoms with van der Waals surface area (Å²) >= 11 is 1.60. The van der Waals surface area contributed by atoms with E-state index in [1.54, 1.807) is 16.8 Å². The van der Waals surface area contributed by atoms with Crippen LogP contribution in [0.5, 0.6) is 0 Å². The van der Waals surface area contributed by atoms with E-state index < -0.39 is 0 Å². The van der Waals surface area contributed by atoms with Crippen LogP contribution in [-0.4, -0.2) is 21.5 Å². The summed E-state index contributed by atoms with van der Waals surface area (Å²) in [5, 5.41) is 6.29. The highest BCUT2D eigenvalue weighted by atomic mass is 32.1. The molecule has 90 valence electrons. The van der Waals surface area contributed by atoms with Crippen LogP contribution < -0.4 is 16.4 Å². The van der Waals surface area contributed by atoms with E-state index >= 15 is 0 Å².